The third-order valence-electron chi connectivity index (χ3n) is 4.46. The minimum absolute atomic E-state index is 0.121. The molecule has 0 radical (unpaired) electrons. The third-order valence-corrected chi connectivity index (χ3v) is 5.33. The number of hydrogen-bond donors (Lipinski definition) is 0. The molecule has 1 aromatic carbocycles. The van der Waals surface area contributed by atoms with Gasteiger partial charge in [-0.1, -0.05) is 18.2 Å². The topological polar surface area (TPSA) is 53.8 Å². The van der Waals surface area contributed by atoms with E-state index in [-0.39, 0.29) is 17.1 Å². The Morgan fingerprint density at radius 2 is 1.88 bits per heavy atom. The van der Waals surface area contributed by atoms with Crippen LogP contribution < -0.4 is 5.43 Å². The molecule has 3 heterocycles. The summed E-state index contributed by atoms with van der Waals surface area (Å²) in [6, 6.07) is 12.5. The minimum atomic E-state index is -0.210. The van der Waals surface area contributed by atoms with Crippen LogP contribution in [-0.2, 0) is 6.54 Å². The zero-order valence-electron chi connectivity index (χ0n) is 13.7. The second kappa shape index (κ2) is 6.82. The quantitative estimate of drug-likeness (QED) is 0.726. The van der Waals surface area contributed by atoms with E-state index in [4.69, 9.17) is 4.42 Å². The SMILES string of the molecule is O=C(c1cc(=O)c2ccccc2o1)N1CCN(Cc2cccs2)CC1. The van der Waals surface area contributed by atoms with E-state index in [1.165, 1.54) is 10.9 Å². The molecule has 1 amide bonds. The van der Waals surface area contributed by atoms with Crippen LogP contribution in [0, 0.1) is 0 Å². The van der Waals surface area contributed by atoms with Crippen LogP contribution in [0.2, 0.25) is 0 Å². The number of piperazine rings is 1. The molecule has 0 aliphatic carbocycles. The Morgan fingerprint density at radius 1 is 1.08 bits per heavy atom. The Balaban J connectivity index is 1.46. The molecule has 6 heteroatoms. The molecule has 1 fully saturated rings. The molecule has 5 nitrogen and oxygen atoms in total. The number of hydrogen-bond acceptors (Lipinski definition) is 5. The molecule has 4 rings (SSSR count). The van der Waals surface area contributed by atoms with Gasteiger partial charge in [-0.15, -0.1) is 11.3 Å². The summed E-state index contributed by atoms with van der Waals surface area (Å²) in [5, 5.41) is 2.58. The molecule has 0 unspecified atom stereocenters. The summed E-state index contributed by atoms with van der Waals surface area (Å²) in [6.45, 7) is 3.84. The number of carbonyl (C=O) groups excluding carboxylic acids is 1. The molecule has 2 aromatic heterocycles. The highest BCUT2D eigenvalue weighted by Gasteiger charge is 2.24. The van der Waals surface area contributed by atoms with Gasteiger partial charge in [0.05, 0.1) is 5.39 Å². The van der Waals surface area contributed by atoms with Gasteiger partial charge in [-0.05, 0) is 23.6 Å². The largest absolute Gasteiger partial charge is 0.451 e. The number of rotatable bonds is 3. The van der Waals surface area contributed by atoms with Crippen LogP contribution in [0.25, 0.3) is 11.0 Å². The summed E-state index contributed by atoms with van der Waals surface area (Å²) >= 11 is 1.75. The second-order valence-corrected chi connectivity index (χ2v) is 7.15. The predicted molar refractivity (Wildman–Crippen MR) is 98.0 cm³/mol. The van der Waals surface area contributed by atoms with Gasteiger partial charge in [-0.2, -0.15) is 0 Å². The van der Waals surface area contributed by atoms with E-state index in [2.05, 4.69) is 22.4 Å². The number of thiophene rings is 1. The first-order chi connectivity index (χ1) is 12.2. The maximum Gasteiger partial charge on any atom is 0.289 e. The summed E-state index contributed by atoms with van der Waals surface area (Å²) in [6.07, 6.45) is 0. The molecule has 3 aromatic rings. The van der Waals surface area contributed by atoms with Crippen molar-refractivity contribution in [2.45, 2.75) is 6.54 Å². The highest BCUT2D eigenvalue weighted by Crippen LogP contribution is 2.16. The normalized spacial score (nSPS) is 15.6. The number of fused-ring (bicyclic) bond motifs is 1. The fourth-order valence-electron chi connectivity index (χ4n) is 3.10. The second-order valence-electron chi connectivity index (χ2n) is 6.12. The zero-order valence-corrected chi connectivity index (χ0v) is 14.5. The molecule has 1 aliphatic rings. The lowest BCUT2D eigenvalue weighted by Gasteiger charge is -2.34. The van der Waals surface area contributed by atoms with Gasteiger partial charge in [0.25, 0.3) is 5.91 Å². The van der Waals surface area contributed by atoms with Crippen molar-refractivity contribution in [3.05, 3.63) is 68.7 Å². The van der Waals surface area contributed by atoms with Gasteiger partial charge in [0, 0.05) is 43.7 Å². The lowest BCUT2D eigenvalue weighted by Crippen LogP contribution is -2.48. The minimum Gasteiger partial charge on any atom is -0.451 e. The van der Waals surface area contributed by atoms with Crippen molar-refractivity contribution < 1.29 is 9.21 Å². The smallest absolute Gasteiger partial charge is 0.289 e. The Labute approximate surface area is 149 Å². The van der Waals surface area contributed by atoms with E-state index >= 15 is 0 Å². The number of carbonyl (C=O) groups is 1. The number of para-hydroxylation sites is 1. The van der Waals surface area contributed by atoms with Gasteiger partial charge < -0.3 is 9.32 Å². The molecule has 1 aliphatic heterocycles. The molecule has 0 spiro atoms. The van der Waals surface area contributed by atoms with Crippen molar-refractivity contribution in [2.24, 2.45) is 0 Å². The maximum atomic E-state index is 12.7. The van der Waals surface area contributed by atoms with Crippen molar-refractivity contribution in [2.75, 3.05) is 26.2 Å². The summed E-state index contributed by atoms with van der Waals surface area (Å²) < 4.78 is 5.67. The number of nitrogens with zero attached hydrogens (tertiary/aromatic N) is 2. The monoisotopic (exact) mass is 354 g/mol. The first-order valence-electron chi connectivity index (χ1n) is 8.27. The van der Waals surface area contributed by atoms with Crippen molar-refractivity contribution in [1.82, 2.24) is 9.80 Å². The predicted octanol–water partition coefficient (Wildman–Crippen LogP) is 2.81. The van der Waals surface area contributed by atoms with Gasteiger partial charge >= 0.3 is 0 Å². The Kier molecular flexibility index (Phi) is 4.38. The molecular weight excluding hydrogens is 336 g/mol. The van der Waals surface area contributed by atoms with Crippen LogP contribution in [-0.4, -0.2) is 41.9 Å². The molecule has 25 heavy (non-hydrogen) atoms. The van der Waals surface area contributed by atoms with Crippen molar-refractivity contribution in [3.63, 3.8) is 0 Å². The highest BCUT2D eigenvalue weighted by molar-refractivity contribution is 7.09. The average molecular weight is 354 g/mol. The molecule has 0 atom stereocenters. The Hall–Kier alpha value is -2.44. The first-order valence-corrected chi connectivity index (χ1v) is 9.15. The summed E-state index contributed by atoms with van der Waals surface area (Å²) in [4.78, 5) is 30.3. The lowest BCUT2D eigenvalue weighted by atomic mass is 10.2. The number of amides is 1. The molecule has 1 saturated heterocycles. The number of benzene rings is 1. The van der Waals surface area contributed by atoms with E-state index in [1.807, 2.05) is 0 Å². The van der Waals surface area contributed by atoms with Crippen LogP contribution in [0.3, 0.4) is 0 Å². The molecule has 0 saturated carbocycles. The van der Waals surface area contributed by atoms with Crippen LogP contribution in [0.5, 0.6) is 0 Å². The van der Waals surface area contributed by atoms with Crippen LogP contribution in [0.15, 0.2) is 57.1 Å². The zero-order chi connectivity index (χ0) is 17.2. The van der Waals surface area contributed by atoms with Gasteiger partial charge in [-0.25, -0.2) is 0 Å². The van der Waals surface area contributed by atoms with Gasteiger partial charge in [-0.3, -0.25) is 14.5 Å². The van der Waals surface area contributed by atoms with Gasteiger partial charge in [0.15, 0.2) is 11.2 Å². The van der Waals surface area contributed by atoms with Crippen LogP contribution in [0.1, 0.15) is 15.4 Å². The van der Waals surface area contributed by atoms with E-state index in [1.54, 1.807) is 40.5 Å². The lowest BCUT2D eigenvalue weighted by molar-refractivity contribution is 0.0599. The Bertz CT molecular complexity index is 941. The van der Waals surface area contributed by atoms with Crippen molar-refractivity contribution in [3.8, 4) is 0 Å². The standard InChI is InChI=1S/C19H18N2O3S/c22-16-12-18(24-17-6-2-1-5-15(16)17)19(23)21-9-7-20(8-10-21)13-14-4-3-11-25-14/h1-6,11-12H,7-10,13H2. The van der Waals surface area contributed by atoms with Gasteiger partial charge in [0.1, 0.15) is 5.58 Å². The fourth-order valence-corrected chi connectivity index (χ4v) is 3.84. The fraction of sp³-hybridized carbons (Fsp3) is 0.263. The third kappa shape index (κ3) is 3.36. The van der Waals surface area contributed by atoms with Crippen molar-refractivity contribution in [1.29, 1.82) is 0 Å². The average Bonchev–Trinajstić information content (AvgIpc) is 3.15. The molecule has 0 N–H and O–H groups in total. The van der Waals surface area contributed by atoms with E-state index in [0.717, 1.165) is 19.6 Å². The maximum absolute atomic E-state index is 12.7. The van der Waals surface area contributed by atoms with Crippen LogP contribution in [0.4, 0.5) is 0 Å². The van der Waals surface area contributed by atoms with Crippen molar-refractivity contribution >= 4 is 28.2 Å². The molecular formula is C19H18N2O3S. The highest BCUT2D eigenvalue weighted by atomic mass is 32.1. The Morgan fingerprint density at radius 3 is 2.64 bits per heavy atom. The van der Waals surface area contributed by atoms with Crippen LogP contribution >= 0.6 is 11.3 Å². The van der Waals surface area contributed by atoms with E-state index in [0.29, 0.717) is 24.1 Å². The molecule has 0 bridgehead atoms. The summed E-state index contributed by atoms with van der Waals surface area (Å²) in [7, 11) is 0. The first kappa shape index (κ1) is 16.1. The molecule has 128 valence electrons. The van der Waals surface area contributed by atoms with E-state index in [9.17, 15) is 9.59 Å². The van der Waals surface area contributed by atoms with Gasteiger partial charge in [0.2, 0.25) is 0 Å². The van der Waals surface area contributed by atoms with E-state index < -0.39 is 0 Å². The summed E-state index contributed by atoms with van der Waals surface area (Å²) in [5.41, 5.74) is 0.274. The summed E-state index contributed by atoms with van der Waals surface area (Å²) in [5.74, 6) is -0.0889.